The highest BCUT2D eigenvalue weighted by Crippen LogP contribution is 2.37. The first-order valence-electron chi connectivity index (χ1n) is 11.5. The third-order valence-corrected chi connectivity index (χ3v) is 6.85. The van der Waals surface area contributed by atoms with Crippen molar-refractivity contribution < 1.29 is 9.18 Å². The van der Waals surface area contributed by atoms with Crippen molar-refractivity contribution in [3.05, 3.63) is 77.0 Å². The van der Waals surface area contributed by atoms with Gasteiger partial charge >= 0.3 is 0 Å². The van der Waals surface area contributed by atoms with Crippen LogP contribution in [0.2, 0.25) is 0 Å². The van der Waals surface area contributed by atoms with Crippen molar-refractivity contribution in [1.82, 2.24) is 24.6 Å². The van der Waals surface area contributed by atoms with Gasteiger partial charge < -0.3 is 15.5 Å². The maximum atomic E-state index is 13.6. The molecule has 3 aromatic heterocycles. The molecule has 0 radical (unpaired) electrons. The first kappa shape index (κ1) is 20.8. The molecule has 0 saturated carbocycles. The normalized spacial score (nSPS) is 17.1. The third-order valence-electron chi connectivity index (χ3n) is 6.85. The number of pyridine rings is 2. The fourth-order valence-corrected chi connectivity index (χ4v) is 5.18. The van der Waals surface area contributed by atoms with Crippen LogP contribution in [0.1, 0.15) is 46.1 Å². The van der Waals surface area contributed by atoms with Crippen LogP contribution in [0.4, 0.5) is 15.9 Å². The highest BCUT2D eigenvalue weighted by molar-refractivity contribution is 6.06. The maximum Gasteiger partial charge on any atom is 0.254 e. The van der Waals surface area contributed by atoms with Gasteiger partial charge in [-0.15, -0.1) is 0 Å². The molecule has 8 heteroatoms. The van der Waals surface area contributed by atoms with E-state index in [0.29, 0.717) is 23.8 Å². The number of aryl methyl sites for hydroxylation is 1. The van der Waals surface area contributed by atoms with Crippen LogP contribution in [0, 0.1) is 5.82 Å². The molecule has 172 valence electrons. The highest BCUT2D eigenvalue weighted by atomic mass is 19.1. The third kappa shape index (κ3) is 3.33. The number of rotatable bonds is 4. The van der Waals surface area contributed by atoms with Gasteiger partial charge in [0.25, 0.3) is 5.91 Å². The minimum atomic E-state index is -0.333. The lowest BCUT2D eigenvalue weighted by Gasteiger charge is -2.30. The Balaban J connectivity index is 1.41. The van der Waals surface area contributed by atoms with Crippen molar-refractivity contribution >= 4 is 23.1 Å². The van der Waals surface area contributed by atoms with E-state index in [4.69, 9.17) is 4.98 Å². The maximum absolute atomic E-state index is 13.6. The molecule has 0 saturated heterocycles. The number of nitrogens with zero attached hydrogens (tertiary/aromatic N) is 4. The Hall–Kier alpha value is -3.78. The fourth-order valence-electron chi connectivity index (χ4n) is 5.18. The summed E-state index contributed by atoms with van der Waals surface area (Å²) >= 11 is 0. The van der Waals surface area contributed by atoms with E-state index < -0.39 is 0 Å². The van der Waals surface area contributed by atoms with Crippen molar-refractivity contribution in [2.75, 3.05) is 19.4 Å². The molecule has 1 unspecified atom stereocenters. The van der Waals surface area contributed by atoms with Crippen LogP contribution in [0.5, 0.6) is 0 Å². The number of benzene rings is 1. The lowest BCUT2D eigenvalue weighted by molar-refractivity contribution is 0.0966. The molecule has 1 amide bonds. The summed E-state index contributed by atoms with van der Waals surface area (Å²) in [5.74, 6) is 0.274. The molecule has 2 N–H and O–H groups in total. The summed E-state index contributed by atoms with van der Waals surface area (Å²) in [4.78, 5) is 24.3. The van der Waals surface area contributed by atoms with Crippen LogP contribution in [0.15, 0.2) is 48.8 Å². The number of hydrogen-bond acceptors (Lipinski definition) is 5. The monoisotopic (exact) mass is 456 g/mol. The Morgan fingerprint density at radius 3 is 2.94 bits per heavy atom. The number of anilines is 2. The predicted octanol–water partition coefficient (Wildman–Crippen LogP) is 4.46. The average Bonchev–Trinajstić information content (AvgIpc) is 3.42. The number of halogens is 1. The zero-order chi connectivity index (χ0) is 23.4. The zero-order valence-corrected chi connectivity index (χ0v) is 19.1. The number of imidazole rings is 1. The minimum Gasteiger partial charge on any atom is -0.348 e. The summed E-state index contributed by atoms with van der Waals surface area (Å²) in [5, 5.41) is 6.35. The van der Waals surface area contributed by atoms with Gasteiger partial charge in [0.1, 0.15) is 17.3 Å². The van der Waals surface area contributed by atoms with Gasteiger partial charge in [-0.2, -0.15) is 0 Å². The standard InChI is InChI=1S/C26H25FN6O/c1-32(2)20-5-3-4-15-6-9-22(31-25(15)20)30-19-8-7-17(18-13-29-26(34)24(18)19)21-14-28-23-12-16(27)10-11-33(21)23/h6-12,14,20H,3-5,13H2,1-2H3,(H,29,34)(H,30,31). The molecule has 0 spiro atoms. The van der Waals surface area contributed by atoms with Gasteiger partial charge in [-0.25, -0.2) is 14.4 Å². The Morgan fingerprint density at radius 1 is 1.21 bits per heavy atom. The summed E-state index contributed by atoms with van der Waals surface area (Å²) < 4.78 is 15.5. The first-order valence-corrected chi connectivity index (χ1v) is 11.5. The van der Waals surface area contributed by atoms with Crippen molar-refractivity contribution in [2.24, 2.45) is 0 Å². The molecule has 4 aromatic rings. The molecule has 4 heterocycles. The van der Waals surface area contributed by atoms with Gasteiger partial charge in [0.05, 0.1) is 34.9 Å². The second-order valence-corrected chi connectivity index (χ2v) is 9.15. The molecule has 1 aliphatic heterocycles. The molecule has 0 fully saturated rings. The second-order valence-electron chi connectivity index (χ2n) is 9.15. The molecule has 0 bridgehead atoms. The summed E-state index contributed by atoms with van der Waals surface area (Å²) in [6.45, 7) is 0.424. The van der Waals surface area contributed by atoms with Gasteiger partial charge in [-0.05, 0) is 62.7 Å². The van der Waals surface area contributed by atoms with Crippen LogP contribution >= 0.6 is 0 Å². The smallest absolute Gasteiger partial charge is 0.254 e. The van der Waals surface area contributed by atoms with E-state index >= 15 is 0 Å². The van der Waals surface area contributed by atoms with E-state index in [0.717, 1.165) is 53.3 Å². The number of amides is 1. The van der Waals surface area contributed by atoms with Crippen LogP contribution in [0.25, 0.3) is 16.9 Å². The predicted molar refractivity (Wildman–Crippen MR) is 129 cm³/mol. The Labute approximate surface area is 196 Å². The summed E-state index contributed by atoms with van der Waals surface area (Å²) in [6.07, 6.45) is 6.67. The molecule has 34 heavy (non-hydrogen) atoms. The van der Waals surface area contributed by atoms with E-state index in [1.807, 2.05) is 22.6 Å². The van der Waals surface area contributed by atoms with Gasteiger partial charge in [-0.1, -0.05) is 12.1 Å². The average molecular weight is 457 g/mol. The summed E-state index contributed by atoms with van der Waals surface area (Å²) in [7, 11) is 4.18. The quantitative estimate of drug-likeness (QED) is 0.474. The topological polar surface area (TPSA) is 74.6 Å². The minimum absolute atomic E-state index is 0.122. The van der Waals surface area contributed by atoms with E-state index in [-0.39, 0.29) is 11.7 Å². The van der Waals surface area contributed by atoms with Crippen LogP contribution in [-0.2, 0) is 13.0 Å². The Morgan fingerprint density at radius 2 is 2.09 bits per heavy atom. The summed E-state index contributed by atoms with van der Waals surface area (Å²) in [5.41, 5.74) is 6.85. The molecular formula is C26H25FN6O. The molecular weight excluding hydrogens is 431 g/mol. The lowest BCUT2D eigenvalue weighted by Crippen LogP contribution is -2.25. The van der Waals surface area contributed by atoms with Crippen molar-refractivity contribution in [1.29, 1.82) is 0 Å². The van der Waals surface area contributed by atoms with Gasteiger partial charge in [0.15, 0.2) is 0 Å². The number of aromatic nitrogens is 3. The molecule has 1 atom stereocenters. The van der Waals surface area contributed by atoms with Crippen molar-refractivity contribution in [3.63, 3.8) is 0 Å². The number of fused-ring (bicyclic) bond motifs is 3. The van der Waals surface area contributed by atoms with Gasteiger partial charge in [0, 0.05) is 24.4 Å². The molecule has 2 aliphatic rings. The SMILES string of the molecule is CN(C)C1CCCc2ccc(Nc3ccc(-c4cnc5cc(F)ccn45)c4c3C(=O)NC4)nc21. The van der Waals surface area contributed by atoms with Crippen molar-refractivity contribution in [2.45, 2.75) is 31.8 Å². The molecule has 6 rings (SSSR count). The highest BCUT2D eigenvalue weighted by Gasteiger charge is 2.28. The molecule has 1 aromatic carbocycles. The number of carbonyl (C=O) groups is 1. The van der Waals surface area contributed by atoms with E-state index in [9.17, 15) is 9.18 Å². The van der Waals surface area contributed by atoms with E-state index in [1.54, 1.807) is 12.4 Å². The van der Waals surface area contributed by atoms with E-state index in [1.165, 1.54) is 17.7 Å². The largest absolute Gasteiger partial charge is 0.348 e. The van der Waals surface area contributed by atoms with Crippen LogP contribution < -0.4 is 10.6 Å². The van der Waals surface area contributed by atoms with Gasteiger partial charge in [-0.3, -0.25) is 9.20 Å². The molecule has 1 aliphatic carbocycles. The van der Waals surface area contributed by atoms with Gasteiger partial charge in [0.2, 0.25) is 0 Å². The second kappa shape index (κ2) is 7.92. The van der Waals surface area contributed by atoms with E-state index in [2.05, 4.69) is 40.7 Å². The summed E-state index contributed by atoms with van der Waals surface area (Å²) in [6, 6.07) is 11.1. The van der Waals surface area contributed by atoms with Crippen LogP contribution in [-0.4, -0.2) is 39.3 Å². The number of nitrogens with one attached hydrogen (secondary N) is 2. The van der Waals surface area contributed by atoms with Crippen molar-refractivity contribution in [3.8, 4) is 11.3 Å². The van der Waals surface area contributed by atoms with Crippen LogP contribution in [0.3, 0.4) is 0 Å². The molecule has 7 nitrogen and oxygen atoms in total. The zero-order valence-electron chi connectivity index (χ0n) is 19.1. The Bertz CT molecular complexity index is 1440. The number of hydrogen-bond donors (Lipinski definition) is 2. The Kier molecular flexibility index (Phi) is 4.84. The fraction of sp³-hybridized carbons (Fsp3) is 0.269. The lowest BCUT2D eigenvalue weighted by atomic mass is 9.91. The number of carbonyl (C=O) groups excluding carboxylic acids is 1. The first-order chi connectivity index (χ1) is 16.5.